The number of halogens is 1. The van der Waals surface area contributed by atoms with E-state index >= 15 is 0 Å². The molecular weight excluding hydrogens is 280 g/mol. The van der Waals surface area contributed by atoms with E-state index in [2.05, 4.69) is 5.32 Å². The molecule has 1 aromatic rings. The molecular formula is C14H17ClN2O3. The molecule has 2 amide bonds. The van der Waals surface area contributed by atoms with Crippen molar-refractivity contribution < 1.29 is 14.7 Å². The van der Waals surface area contributed by atoms with Crippen LogP contribution in [-0.4, -0.2) is 35.1 Å². The maximum absolute atomic E-state index is 12.1. The largest absolute Gasteiger partial charge is 0.481 e. The Balaban J connectivity index is 1.96. The van der Waals surface area contributed by atoms with E-state index in [0.717, 1.165) is 12.0 Å². The van der Waals surface area contributed by atoms with Crippen molar-refractivity contribution in [1.29, 1.82) is 0 Å². The summed E-state index contributed by atoms with van der Waals surface area (Å²) in [5.74, 6) is -0.776. The highest BCUT2D eigenvalue weighted by atomic mass is 35.5. The summed E-state index contributed by atoms with van der Waals surface area (Å²) in [6.07, 6.45) is 0.841. The van der Waals surface area contributed by atoms with Gasteiger partial charge in [-0.15, -0.1) is 0 Å². The van der Waals surface area contributed by atoms with E-state index in [0.29, 0.717) is 23.8 Å². The van der Waals surface area contributed by atoms with Crippen LogP contribution < -0.4 is 5.32 Å². The molecule has 1 aliphatic rings. The third-order valence-electron chi connectivity index (χ3n) is 3.55. The average Bonchev–Trinajstić information content (AvgIpc) is 2.82. The lowest BCUT2D eigenvalue weighted by molar-refractivity contribution is -0.138. The molecule has 0 bridgehead atoms. The quantitative estimate of drug-likeness (QED) is 0.901. The smallest absolute Gasteiger partial charge is 0.321 e. The first-order valence-electron chi connectivity index (χ1n) is 6.50. The van der Waals surface area contributed by atoms with Gasteiger partial charge in [-0.3, -0.25) is 4.79 Å². The van der Waals surface area contributed by atoms with Crippen molar-refractivity contribution >= 4 is 29.3 Å². The van der Waals surface area contributed by atoms with Gasteiger partial charge < -0.3 is 15.3 Å². The van der Waals surface area contributed by atoms with Gasteiger partial charge in [0.2, 0.25) is 0 Å². The van der Waals surface area contributed by atoms with E-state index in [1.165, 1.54) is 0 Å². The number of rotatable bonds is 3. The number of anilines is 1. The van der Waals surface area contributed by atoms with Crippen molar-refractivity contribution in [3.63, 3.8) is 0 Å². The predicted octanol–water partition coefficient (Wildman–Crippen LogP) is 2.98. The van der Waals surface area contributed by atoms with Gasteiger partial charge in [-0.2, -0.15) is 0 Å². The van der Waals surface area contributed by atoms with Gasteiger partial charge in [-0.1, -0.05) is 17.7 Å². The summed E-state index contributed by atoms with van der Waals surface area (Å²) >= 11 is 6.01. The molecule has 0 spiro atoms. The molecule has 20 heavy (non-hydrogen) atoms. The summed E-state index contributed by atoms with van der Waals surface area (Å²) in [6, 6.07) is 5.14. The second-order valence-electron chi connectivity index (χ2n) is 5.04. The molecule has 1 heterocycles. The highest BCUT2D eigenvalue weighted by Gasteiger charge is 2.27. The lowest BCUT2D eigenvalue weighted by atomic mass is 10.1. The Labute approximate surface area is 122 Å². The first-order chi connectivity index (χ1) is 9.47. The molecule has 1 unspecified atom stereocenters. The molecule has 2 N–H and O–H groups in total. The molecule has 1 saturated heterocycles. The molecule has 1 aromatic carbocycles. The summed E-state index contributed by atoms with van der Waals surface area (Å²) in [5.41, 5.74) is 1.51. The van der Waals surface area contributed by atoms with Crippen molar-refractivity contribution in [2.24, 2.45) is 5.92 Å². The van der Waals surface area contributed by atoms with E-state index in [-0.39, 0.29) is 18.4 Å². The van der Waals surface area contributed by atoms with Crippen molar-refractivity contribution in [3.8, 4) is 0 Å². The standard InChI is InChI=1S/C14H17ClN2O3/c1-9-11(15)3-2-4-12(9)16-14(20)17-6-5-10(8-17)7-13(18)19/h2-4,10H,5-8H2,1H3,(H,16,20)(H,18,19). The molecule has 0 radical (unpaired) electrons. The number of carboxylic acids is 1. The minimum atomic E-state index is -0.817. The van der Waals surface area contributed by atoms with Gasteiger partial charge in [0.25, 0.3) is 0 Å². The average molecular weight is 297 g/mol. The van der Waals surface area contributed by atoms with Gasteiger partial charge in [-0.05, 0) is 37.0 Å². The fourth-order valence-electron chi connectivity index (χ4n) is 2.37. The van der Waals surface area contributed by atoms with Gasteiger partial charge in [0.05, 0.1) is 0 Å². The number of hydrogen-bond donors (Lipinski definition) is 2. The lowest BCUT2D eigenvalue weighted by Crippen LogP contribution is -2.33. The van der Waals surface area contributed by atoms with Gasteiger partial charge in [0.15, 0.2) is 0 Å². The summed E-state index contributed by atoms with van der Waals surface area (Å²) in [7, 11) is 0. The van der Waals surface area contributed by atoms with Crippen LogP contribution in [0.3, 0.4) is 0 Å². The van der Waals surface area contributed by atoms with Gasteiger partial charge in [0.1, 0.15) is 0 Å². The number of benzene rings is 1. The molecule has 108 valence electrons. The molecule has 0 saturated carbocycles. The minimum absolute atomic E-state index is 0.0405. The van der Waals surface area contributed by atoms with E-state index in [4.69, 9.17) is 16.7 Å². The molecule has 6 heteroatoms. The van der Waals surface area contributed by atoms with Gasteiger partial charge in [-0.25, -0.2) is 4.79 Å². The maximum atomic E-state index is 12.1. The summed E-state index contributed by atoms with van der Waals surface area (Å²) in [5, 5.41) is 12.2. The van der Waals surface area contributed by atoms with E-state index < -0.39 is 5.97 Å². The van der Waals surface area contributed by atoms with Crippen LogP contribution in [0, 0.1) is 12.8 Å². The van der Waals surface area contributed by atoms with Crippen LogP contribution in [0.2, 0.25) is 5.02 Å². The number of carboxylic acid groups (broad SMARTS) is 1. The predicted molar refractivity (Wildman–Crippen MR) is 77.1 cm³/mol. The number of aliphatic carboxylic acids is 1. The van der Waals surface area contributed by atoms with Crippen LogP contribution in [0.4, 0.5) is 10.5 Å². The number of carbonyl (C=O) groups is 2. The fraction of sp³-hybridized carbons (Fsp3) is 0.429. The Morgan fingerprint density at radius 3 is 2.95 bits per heavy atom. The van der Waals surface area contributed by atoms with Crippen molar-refractivity contribution in [2.45, 2.75) is 19.8 Å². The zero-order chi connectivity index (χ0) is 14.7. The first-order valence-corrected chi connectivity index (χ1v) is 6.88. The van der Waals surface area contributed by atoms with Crippen molar-refractivity contribution in [3.05, 3.63) is 28.8 Å². The number of amides is 2. The third-order valence-corrected chi connectivity index (χ3v) is 3.96. The molecule has 1 aliphatic heterocycles. The van der Waals surface area contributed by atoms with Crippen molar-refractivity contribution in [1.82, 2.24) is 4.90 Å². The van der Waals surface area contributed by atoms with E-state index in [1.807, 2.05) is 6.92 Å². The normalized spacial score (nSPS) is 18.1. The Kier molecular flexibility index (Phi) is 4.49. The van der Waals surface area contributed by atoms with Gasteiger partial charge >= 0.3 is 12.0 Å². The summed E-state index contributed by atoms with van der Waals surface area (Å²) in [4.78, 5) is 24.5. The monoisotopic (exact) mass is 296 g/mol. The van der Waals surface area contributed by atoms with Crippen LogP contribution in [-0.2, 0) is 4.79 Å². The second-order valence-corrected chi connectivity index (χ2v) is 5.45. The van der Waals surface area contributed by atoms with Crippen molar-refractivity contribution in [2.75, 3.05) is 18.4 Å². The fourth-order valence-corrected chi connectivity index (χ4v) is 2.54. The van der Waals surface area contributed by atoms with Crippen LogP contribution in [0.5, 0.6) is 0 Å². The lowest BCUT2D eigenvalue weighted by Gasteiger charge is -2.18. The number of nitrogens with zero attached hydrogens (tertiary/aromatic N) is 1. The molecule has 0 aliphatic carbocycles. The molecule has 1 fully saturated rings. The number of hydrogen-bond acceptors (Lipinski definition) is 2. The number of nitrogens with one attached hydrogen (secondary N) is 1. The van der Waals surface area contributed by atoms with Crippen LogP contribution in [0.25, 0.3) is 0 Å². The van der Waals surface area contributed by atoms with Crippen LogP contribution in [0.15, 0.2) is 18.2 Å². The van der Waals surface area contributed by atoms with Gasteiger partial charge in [0, 0.05) is 30.2 Å². The second kappa shape index (κ2) is 6.13. The van der Waals surface area contributed by atoms with E-state index in [9.17, 15) is 9.59 Å². The number of carbonyl (C=O) groups excluding carboxylic acids is 1. The first kappa shape index (κ1) is 14.7. The molecule has 1 atom stereocenters. The topological polar surface area (TPSA) is 69.6 Å². The van der Waals surface area contributed by atoms with Crippen LogP contribution >= 0.6 is 11.6 Å². The maximum Gasteiger partial charge on any atom is 0.321 e. The highest BCUT2D eigenvalue weighted by Crippen LogP contribution is 2.25. The zero-order valence-corrected chi connectivity index (χ0v) is 12.0. The third kappa shape index (κ3) is 3.42. The Morgan fingerprint density at radius 1 is 1.50 bits per heavy atom. The zero-order valence-electron chi connectivity index (χ0n) is 11.2. The number of likely N-dealkylation sites (tertiary alicyclic amines) is 1. The Hall–Kier alpha value is -1.75. The van der Waals surface area contributed by atoms with E-state index in [1.54, 1.807) is 23.1 Å². The Morgan fingerprint density at radius 2 is 2.25 bits per heavy atom. The Bertz CT molecular complexity index is 533. The minimum Gasteiger partial charge on any atom is -0.481 e. The SMILES string of the molecule is Cc1c(Cl)cccc1NC(=O)N1CCC(CC(=O)O)C1. The van der Waals surface area contributed by atoms with Crippen LogP contribution in [0.1, 0.15) is 18.4 Å². The molecule has 5 nitrogen and oxygen atoms in total. The number of urea groups is 1. The molecule has 2 rings (SSSR count). The molecule has 0 aromatic heterocycles. The summed E-state index contributed by atoms with van der Waals surface area (Å²) < 4.78 is 0. The summed E-state index contributed by atoms with van der Waals surface area (Å²) in [6.45, 7) is 2.91. The highest BCUT2D eigenvalue weighted by molar-refractivity contribution is 6.31.